The van der Waals surface area contributed by atoms with E-state index in [2.05, 4.69) is 4.98 Å². The Kier molecular flexibility index (Phi) is 5.11. The predicted octanol–water partition coefficient (Wildman–Crippen LogP) is -2.33. The van der Waals surface area contributed by atoms with Crippen LogP contribution in [0.4, 0.5) is 0 Å². The minimum atomic E-state index is -1.87. The summed E-state index contributed by atoms with van der Waals surface area (Å²) in [7, 11) is 0. The first-order valence-electron chi connectivity index (χ1n) is 2.31. The van der Waals surface area contributed by atoms with Crippen LogP contribution in [0.3, 0.4) is 0 Å². The van der Waals surface area contributed by atoms with E-state index in [9.17, 15) is 4.21 Å². The molecule has 0 aliphatic heterocycles. The Morgan fingerprint density at radius 2 is 1.90 bits per heavy atom. The van der Waals surface area contributed by atoms with Crippen LogP contribution in [0.25, 0.3) is 0 Å². The molecule has 10 heavy (non-hydrogen) atoms. The molecule has 0 spiro atoms. The van der Waals surface area contributed by atoms with Gasteiger partial charge in [0.1, 0.15) is 0 Å². The van der Waals surface area contributed by atoms with E-state index in [-0.39, 0.29) is 29.6 Å². The molecule has 0 saturated heterocycles. The van der Waals surface area contributed by atoms with Gasteiger partial charge in [0.15, 0.2) is 11.1 Å². The summed E-state index contributed by atoms with van der Waals surface area (Å²) in [6, 6.07) is 2.99. The Balaban J connectivity index is 0.000000810. The molecule has 1 unspecified atom stereocenters. The maximum atomic E-state index is 10.3. The monoisotopic (exact) mass is 166 g/mol. The molecule has 0 radical (unpaired) electrons. The van der Waals surface area contributed by atoms with Gasteiger partial charge in [0.25, 0.3) is 0 Å². The van der Waals surface area contributed by atoms with Crippen molar-refractivity contribution in [2.24, 2.45) is 0 Å². The number of pyridine rings is 1. The van der Waals surface area contributed by atoms with Crippen molar-refractivity contribution in [3.8, 4) is 0 Å². The summed E-state index contributed by atoms with van der Waals surface area (Å²) in [6.45, 7) is 0. The van der Waals surface area contributed by atoms with E-state index in [4.69, 9.17) is 4.55 Å². The summed E-state index contributed by atoms with van der Waals surface area (Å²) < 4.78 is 18.8. The quantitative estimate of drug-likeness (QED) is 0.376. The molecule has 5 heteroatoms. The standard InChI is InChI=1S/C5H5NO2S.Na/c7-9(8)5-1-3-6-4-2-5;/h1-4H,(H,7,8);/q;+1. The average molecular weight is 166 g/mol. The zero-order valence-electron chi connectivity index (χ0n) is 5.52. The zero-order valence-corrected chi connectivity index (χ0v) is 8.34. The van der Waals surface area contributed by atoms with Crippen LogP contribution in [0.1, 0.15) is 0 Å². The van der Waals surface area contributed by atoms with Crippen LogP contribution in [0.15, 0.2) is 29.4 Å². The third-order valence-electron chi connectivity index (χ3n) is 0.851. The first-order chi connectivity index (χ1) is 4.30. The second-order valence-corrected chi connectivity index (χ2v) is 2.40. The molecule has 0 aliphatic carbocycles. The average Bonchev–Trinajstić information content (AvgIpc) is 1.90. The van der Waals surface area contributed by atoms with Gasteiger partial charge in [-0.25, -0.2) is 4.21 Å². The molecule has 48 valence electrons. The van der Waals surface area contributed by atoms with Crippen molar-refractivity contribution in [2.45, 2.75) is 4.90 Å². The molecule has 0 bridgehead atoms. The number of hydrogen-bond acceptors (Lipinski definition) is 2. The van der Waals surface area contributed by atoms with Crippen LogP contribution >= 0.6 is 0 Å². The third kappa shape index (κ3) is 2.90. The molecule has 1 heterocycles. The van der Waals surface area contributed by atoms with Crippen LogP contribution in [-0.4, -0.2) is 13.7 Å². The van der Waals surface area contributed by atoms with Crippen LogP contribution in [0.5, 0.6) is 0 Å². The van der Waals surface area contributed by atoms with Gasteiger partial charge in [-0.05, 0) is 12.1 Å². The van der Waals surface area contributed by atoms with Gasteiger partial charge >= 0.3 is 29.6 Å². The van der Waals surface area contributed by atoms with Gasteiger partial charge < -0.3 is 4.55 Å². The summed E-state index contributed by atoms with van der Waals surface area (Å²) in [5.74, 6) is 0. The fraction of sp³-hybridized carbons (Fsp3) is 0. The summed E-state index contributed by atoms with van der Waals surface area (Å²) >= 11 is -1.87. The summed E-state index contributed by atoms with van der Waals surface area (Å²) in [4.78, 5) is 4.06. The van der Waals surface area contributed by atoms with Gasteiger partial charge in [0.2, 0.25) is 0 Å². The SMILES string of the molecule is O=S(O)c1ccncc1.[Na+]. The summed E-state index contributed by atoms with van der Waals surface area (Å²) in [6.07, 6.45) is 2.95. The molecule has 1 aromatic heterocycles. The number of rotatable bonds is 1. The van der Waals surface area contributed by atoms with Gasteiger partial charge in [-0.15, -0.1) is 0 Å². The minimum Gasteiger partial charge on any atom is -0.302 e. The molecule has 0 saturated carbocycles. The van der Waals surface area contributed by atoms with Crippen molar-refractivity contribution in [3.63, 3.8) is 0 Å². The van der Waals surface area contributed by atoms with Gasteiger partial charge in [0, 0.05) is 12.4 Å². The van der Waals surface area contributed by atoms with Gasteiger partial charge in [0.05, 0.1) is 4.90 Å². The fourth-order valence-corrected chi connectivity index (χ4v) is 0.809. The molecule has 1 atom stereocenters. The molecule has 1 rings (SSSR count). The Morgan fingerprint density at radius 1 is 1.40 bits per heavy atom. The van der Waals surface area contributed by atoms with E-state index in [1.807, 2.05) is 0 Å². The van der Waals surface area contributed by atoms with Crippen molar-refractivity contribution in [3.05, 3.63) is 24.5 Å². The topological polar surface area (TPSA) is 50.2 Å². The fourth-order valence-electron chi connectivity index (χ4n) is 0.455. The van der Waals surface area contributed by atoms with Crippen molar-refractivity contribution < 1.29 is 38.3 Å². The Morgan fingerprint density at radius 3 is 2.20 bits per heavy atom. The maximum Gasteiger partial charge on any atom is 1.00 e. The maximum absolute atomic E-state index is 10.3. The van der Waals surface area contributed by atoms with E-state index in [0.717, 1.165) is 0 Å². The minimum absolute atomic E-state index is 0. The Bertz CT molecular complexity index is 216. The van der Waals surface area contributed by atoms with Gasteiger partial charge in [-0.1, -0.05) is 0 Å². The van der Waals surface area contributed by atoms with Gasteiger partial charge in [-0.2, -0.15) is 0 Å². The summed E-state index contributed by atoms with van der Waals surface area (Å²) in [5, 5.41) is 0. The van der Waals surface area contributed by atoms with Crippen molar-refractivity contribution in [1.29, 1.82) is 0 Å². The Labute approximate surface area is 83.4 Å². The molecular formula is C5H5NNaO2S+. The van der Waals surface area contributed by atoms with E-state index in [1.165, 1.54) is 24.5 Å². The second-order valence-electron chi connectivity index (χ2n) is 1.43. The molecule has 0 aliphatic rings. The van der Waals surface area contributed by atoms with Crippen LogP contribution in [-0.2, 0) is 11.1 Å². The van der Waals surface area contributed by atoms with Gasteiger partial charge in [-0.3, -0.25) is 4.98 Å². The molecular weight excluding hydrogens is 161 g/mol. The first-order valence-corrected chi connectivity index (χ1v) is 3.42. The van der Waals surface area contributed by atoms with Crippen molar-refractivity contribution in [2.75, 3.05) is 0 Å². The first kappa shape index (κ1) is 10.3. The number of hydrogen-bond donors (Lipinski definition) is 1. The molecule has 0 amide bonds. The second kappa shape index (κ2) is 4.98. The summed E-state index contributed by atoms with van der Waals surface area (Å²) in [5.41, 5.74) is 0. The van der Waals surface area contributed by atoms with Crippen molar-refractivity contribution >= 4 is 11.1 Å². The normalized spacial score (nSPS) is 11.7. The number of nitrogens with zero attached hydrogens (tertiary/aromatic N) is 1. The zero-order chi connectivity index (χ0) is 6.69. The van der Waals surface area contributed by atoms with E-state index in [0.29, 0.717) is 4.90 Å². The molecule has 3 nitrogen and oxygen atoms in total. The van der Waals surface area contributed by atoms with Crippen LogP contribution < -0.4 is 29.6 Å². The van der Waals surface area contributed by atoms with Crippen LogP contribution in [0.2, 0.25) is 0 Å². The third-order valence-corrected chi connectivity index (χ3v) is 1.53. The smallest absolute Gasteiger partial charge is 0.302 e. The van der Waals surface area contributed by atoms with Crippen LogP contribution in [0, 0.1) is 0 Å². The Hall–Kier alpha value is 0.260. The van der Waals surface area contributed by atoms with E-state index < -0.39 is 11.1 Å². The molecule has 1 N–H and O–H groups in total. The van der Waals surface area contributed by atoms with Crippen molar-refractivity contribution in [1.82, 2.24) is 4.98 Å². The van der Waals surface area contributed by atoms with E-state index >= 15 is 0 Å². The molecule has 0 aromatic carbocycles. The largest absolute Gasteiger partial charge is 1.00 e. The number of aromatic nitrogens is 1. The predicted molar refractivity (Wildman–Crippen MR) is 33.3 cm³/mol. The molecule has 0 fully saturated rings. The van der Waals surface area contributed by atoms with E-state index in [1.54, 1.807) is 0 Å². The molecule has 1 aromatic rings.